The molecule has 1 heterocycles. The second-order valence-corrected chi connectivity index (χ2v) is 6.16. The fraction of sp³-hybridized carbons (Fsp3) is 0.143. The lowest BCUT2D eigenvalue weighted by atomic mass is 10.2. The molecule has 2 aromatic carbocycles. The van der Waals surface area contributed by atoms with Gasteiger partial charge in [-0.2, -0.15) is 0 Å². The third-order valence-corrected chi connectivity index (χ3v) is 3.97. The van der Waals surface area contributed by atoms with Crippen LogP contribution in [0.5, 0.6) is 0 Å². The van der Waals surface area contributed by atoms with Crippen molar-refractivity contribution >= 4 is 23.0 Å². The summed E-state index contributed by atoms with van der Waals surface area (Å²) in [5, 5.41) is 6.19. The van der Waals surface area contributed by atoms with Crippen LogP contribution in [0, 0.1) is 0 Å². The van der Waals surface area contributed by atoms with E-state index in [1.54, 1.807) is 12.3 Å². The van der Waals surface area contributed by atoms with Gasteiger partial charge in [-0.05, 0) is 42.0 Å². The molecule has 0 saturated heterocycles. The summed E-state index contributed by atoms with van der Waals surface area (Å²) >= 11 is 0. The molecule has 0 aliphatic heterocycles. The van der Waals surface area contributed by atoms with E-state index < -0.39 is 0 Å². The maximum atomic E-state index is 12.4. The average molecular weight is 346 g/mol. The van der Waals surface area contributed by atoms with Crippen LogP contribution < -0.4 is 15.5 Å². The van der Waals surface area contributed by atoms with Gasteiger partial charge in [0.2, 0.25) is 0 Å². The maximum Gasteiger partial charge on any atom is 0.274 e. The van der Waals surface area contributed by atoms with E-state index in [1.165, 1.54) is 5.56 Å². The first-order chi connectivity index (χ1) is 12.6. The predicted molar refractivity (Wildman–Crippen MR) is 107 cm³/mol. The van der Waals surface area contributed by atoms with Gasteiger partial charge in [0.1, 0.15) is 5.69 Å². The van der Waals surface area contributed by atoms with Crippen LogP contribution in [0.15, 0.2) is 72.9 Å². The number of carbonyl (C=O) groups is 1. The van der Waals surface area contributed by atoms with E-state index >= 15 is 0 Å². The topological polar surface area (TPSA) is 57.3 Å². The van der Waals surface area contributed by atoms with Crippen LogP contribution in [0.25, 0.3) is 0 Å². The summed E-state index contributed by atoms with van der Waals surface area (Å²) in [4.78, 5) is 18.6. The summed E-state index contributed by atoms with van der Waals surface area (Å²) in [6.07, 6.45) is 1.64. The van der Waals surface area contributed by atoms with E-state index in [0.717, 1.165) is 17.1 Å². The highest BCUT2D eigenvalue weighted by atomic mass is 16.1. The minimum atomic E-state index is -0.231. The first kappa shape index (κ1) is 17.5. The highest BCUT2D eigenvalue weighted by Crippen LogP contribution is 2.17. The lowest BCUT2D eigenvalue weighted by Crippen LogP contribution is -2.14. The number of amides is 1. The molecule has 26 heavy (non-hydrogen) atoms. The minimum Gasteiger partial charge on any atom is -0.381 e. The fourth-order valence-corrected chi connectivity index (χ4v) is 2.50. The number of rotatable bonds is 6. The van der Waals surface area contributed by atoms with Crippen LogP contribution in [0.4, 0.5) is 17.1 Å². The molecule has 0 bridgehead atoms. The molecule has 1 aromatic heterocycles. The standard InChI is InChI=1S/C21H22N4O/c1-25(2)19-10-8-17(9-11-19)24-21(26)20-14-18(12-13-22-20)23-15-16-6-4-3-5-7-16/h3-14H,15H2,1-2H3,(H,22,23)(H,24,26). The highest BCUT2D eigenvalue weighted by Gasteiger charge is 2.09. The van der Waals surface area contributed by atoms with E-state index in [9.17, 15) is 4.79 Å². The lowest BCUT2D eigenvalue weighted by molar-refractivity contribution is 0.102. The molecule has 0 atom stereocenters. The van der Waals surface area contributed by atoms with Crippen molar-refractivity contribution in [1.82, 2.24) is 4.98 Å². The number of benzene rings is 2. The zero-order valence-electron chi connectivity index (χ0n) is 14.9. The number of nitrogens with zero attached hydrogens (tertiary/aromatic N) is 2. The van der Waals surface area contributed by atoms with Crippen molar-refractivity contribution in [1.29, 1.82) is 0 Å². The van der Waals surface area contributed by atoms with E-state index in [0.29, 0.717) is 12.2 Å². The Morgan fingerprint density at radius 1 is 0.962 bits per heavy atom. The number of carbonyl (C=O) groups excluding carboxylic acids is 1. The molecule has 132 valence electrons. The minimum absolute atomic E-state index is 0.231. The highest BCUT2D eigenvalue weighted by molar-refractivity contribution is 6.03. The Morgan fingerprint density at radius 3 is 2.38 bits per heavy atom. The molecule has 5 nitrogen and oxygen atoms in total. The number of hydrogen-bond acceptors (Lipinski definition) is 4. The third-order valence-electron chi connectivity index (χ3n) is 3.97. The molecule has 3 aromatic rings. The summed E-state index contributed by atoms with van der Waals surface area (Å²) in [6, 6.07) is 21.4. The number of pyridine rings is 1. The molecule has 0 radical (unpaired) electrons. The quantitative estimate of drug-likeness (QED) is 0.708. The monoisotopic (exact) mass is 346 g/mol. The van der Waals surface area contributed by atoms with Crippen molar-refractivity contribution in [3.63, 3.8) is 0 Å². The maximum absolute atomic E-state index is 12.4. The van der Waals surface area contributed by atoms with Crippen molar-refractivity contribution in [3.05, 3.63) is 84.2 Å². The van der Waals surface area contributed by atoms with Gasteiger partial charge in [-0.15, -0.1) is 0 Å². The van der Waals surface area contributed by atoms with Crippen molar-refractivity contribution < 1.29 is 4.79 Å². The number of nitrogens with one attached hydrogen (secondary N) is 2. The molecule has 0 spiro atoms. The summed E-state index contributed by atoms with van der Waals surface area (Å²) in [5.74, 6) is -0.231. The second kappa shape index (κ2) is 8.16. The van der Waals surface area contributed by atoms with Crippen LogP contribution in [-0.4, -0.2) is 25.0 Å². The molecule has 0 aliphatic rings. The summed E-state index contributed by atoms with van der Waals surface area (Å²) < 4.78 is 0. The molecule has 0 fully saturated rings. The van der Waals surface area contributed by atoms with Gasteiger partial charge in [-0.3, -0.25) is 9.78 Å². The fourth-order valence-electron chi connectivity index (χ4n) is 2.50. The number of anilines is 3. The van der Waals surface area contributed by atoms with E-state index in [4.69, 9.17) is 0 Å². The average Bonchev–Trinajstić information content (AvgIpc) is 2.68. The van der Waals surface area contributed by atoms with Crippen LogP contribution >= 0.6 is 0 Å². The molecule has 0 unspecified atom stereocenters. The molecule has 1 amide bonds. The molecular formula is C21H22N4O. The number of hydrogen-bond donors (Lipinski definition) is 2. The Kier molecular flexibility index (Phi) is 5.49. The van der Waals surface area contributed by atoms with Crippen molar-refractivity contribution in [3.8, 4) is 0 Å². The van der Waals surface area contributed by atoms with Gasteiger partial charge in [-0.25, -0.2) is 0 Å². The smallest absolute Gasteiger partial charge is 0.274 e. The van der Waals surface area contributed by atoms with Gasteiger partial charge < -0.3 is 15.5 Å². The summed E-state index contributed by atoms with van der Waals surface area (Å²) in [5.41, 5.74) is 4.23. The van der Waals surface area contributed by atoms with Crippen molar-refractivity contribution in [2.45, 2.75) is 6.54 Å². The van der Waals surface area contributed by atoms with Gasteiger partial charge in [0, 0.05) is 43.9 Å². The zero-order chi connectivity index (χ0) is 18.4. The summed E-state index contributed by atoms with van der Waals surface area (Å²) in [7, 11) is 3.96. The Labute approximate surface area is 153 Å². The molecule has 2 N–H and O–H groups in total. The largest absolute Gasteiger partial charge is 0.381 e. The van der Waals surface area contributed by atoms with E-state index in [2.05, 4.69) is 27.8 Å². The van der Waals surface area contributed by atoms with Gasteiger partial charge in [0.05, 0.1) is 0 Å². The van der Waals surface area contributed by atoms with Crippen LogP contribution in [0.2, 0.25) is 0 Å². The predicted octanol–water partition coefficient (Wildman–Crippen LogP) is 4.01. The molecule has 5 heteroatoms. The van der Waals surface area contributed by atoms with Gasteiger partial charge in [0.25, 0.3) is 5.91 Å². The first-order valence-electron chi connectivity index (χ1n) is 8.44. The Bertz CT molecular complexity index is 861. The van der Waals surface area contributed by atoms with Crippen molar-refractivity contribution in [2.24, 2.45) is 0 Å². The summed E-state index contributed by atoms with van der Waals surface area (Å²) in [6.45, 7) is 0.692. The second-order valence-electron chi connectivity index (χ2n) is 6.16. The molecule has 0 aliphatic carbocycles. The normalized spacial score (nSPS) is 10.2. The SMILES string of the molecule is CN(C)c1ccc(NC(=O)c2cc(NCc3ccccc3)ccn2)cc1. The number of aromatic nitrogens is 1. The van der Waals surface area contributed by atoms with Gasteiger partial charge >= 0.3 is 0 Å². The Hall–Kier alpha value is -3.34. The van der Waals surface area contributed by atoms with Crippen LogP contribution in [-0.2, 0) is 6.54 Å². The molecule has 0 saturated carbocycles. The zero-order valence-corrected chi connectivity index (χ0v) is 14.9. The first-order valence-corrected chi connectivity index (χ1v) is 8.44. The third kappa shape index (κ3) is 4.60. The molecular weight excluding hydrogens is 324 g/mol. The lowest BCUT2D eigenvalue weighted by Gasteiger charge is -2.13. The van der Waals surface area contributed by atoms with E-state index in [1.807, 2.05) is 67.5 Å². The van der Waals surface area contributed by atoms with Crippen LogP contribution in [0.1, 0.15) is 16.1 Å². The van der Waals surface area contributed by atoms with Gasteiger partial charge in [-0.1, -0.05) is 30.3 Å². The Balaban J connectivity index is 1.64. The van der Waals surface area contributed by atoms with Crippen LogP contribution in [0.3, 0.4) is 0 Å². The van der Waals surface area contributed by atoms with Crippen molar-refractivity contribution in [2.75, 3.05) is 29.6 Å². The van der Waals surface area contributed by atoms with E-state index in [-0.39, 0.29) is 5.91 Å². The Morgan fingerprint density at radius 2 is 1.69 bits per heavy atom. The molecule has 3 rings (SSSR count). The van der Waals surface area contributed by atoms with Gasteiger partial charge in [0.15, 0.2) is 0 Å².